The quantitative estimate of drug-likeness (QED) is 0.845. The molecule has 0 bridgehead atoms. The van der Waals surface area contributed by atoms with E-state index in [0.717, 1.165) is 36.4 Å². The molecule has 0 aliphatic carbocycles. The van der Waals surface area contributed by atoms with Crippen LogP contribution in [0.1, 0.15) is 22.3 Å². The SMILES string of the molecule is Nc1ccc2c(c1)CN(Cc1ccccc1CC(=O)O)C2. The molecule has 0 fully saturated rings. The number of hydrogen-bond donors (Lipinski definition) is 2. The van der Waals surface area contributed by atoms with Crippen molar-refractivity contribution in [3.63, 3.8) is 0 Å². The van der Waals surface area contributed by atoms with E-state index in [2.05, 4.69) is 11.0 Å². The van der Waals surface area contributed by atoms with Gasteiger partial charge in [0.05, 0.1) is 6.42 Å². The van der Waals surface area contributed by atoms with Gasteiger partial charge in [0.1, 0.15) is 0 Å². The van der Waals surface area contributed by atoms with Gasteiger partial charge in [0.2, 0.25) is 0 Å². The van der Waals surface area contributed by atoms with Gasteiger partial charge in [-0.15, -0.1) is 0 Å². The molecule has 0 aromatic heterocycles. The van der Waals surface area contributed by atoms with Crippen LogP contribution >= 0.6 is 0 Å². The number of carboxylic acids is 1. The second kappa shape index (κ2) is 5.58. The first-order valence-corrected chi connectivity index (χ1v) is 7.00. The number of aliphatic carboxylic acids is 1. The van der Waals surface area contributed by atoms with E-state index in [1.165, 1.54) is 11.1 Å². The second-order valence-corrected chi connectivity index (χ2v) is 5.51. The minimum absolute atomic E-state index is 0.0733. The highest BCUT2D eigenvalue weighted by atomic mass is 16.4. The molecule has 0 spiro atoms. The fraction of sp³-hybridized carbons (Fsp3) is 0.235. The summed E-state index contributed by atoms with van der Waals surface area (Å²) in [6.07, 6.45) is 0.0733. The number of nitrogen functional groups attached to an aromatic ring is 1. The standard InChI is InChI=1S/C17H18N2O2/c18-16-6-5-14-10-19(11-15(14)7-16)9-13-4-2-1-3-12(13)8-17(20)21/h1-7H,8-11,18H2,(H,20,21). The Kier molecular flexibility index (Phi) is 3.62. The molecule has 0 atom stereocenters. The minimum atomic E-state index is -0.792. The van der Waals surface area contributed by atoms with Crippen molar-refractivity contribution in [3.8, 4) is 0 Å². The molecule has 0 amide bonds. The van der Waals surface area contributed by atoms with Crippen molar-refractivity contribution in [1.82, 2.24) is 4.90 Å². The van der Waals surface area contributed by atoms with Crippen LogP contribution in [0.4, 0.5) is 5.69 Å². The predicted molar refractivity (Wildman–Crippen MR) is 81.6 cm³/mol. The van der Waals surface area contributed by atoms with Crippen LogP contribution in [-0.4, -0.2) is 16.0 Å². The van der Waals surface area contributed by atoms with Crippen molar-refractivity contribution in [2.24, 2.45) is 0 Å². The van der Waals surface area contributed by atoms with Crippen molar-refractivity contribution in [3.05, 3.63) is 64.7 Å². The summed E-state index contributed by atoms with van der Waals surface area (Å²) in [5.41, 5.74) is 11.2. The highest BCUT2D eigenvalue weighted by Gasteiger charge is 2.20. The second-order valence-electron chi connectivity index (χ2n) is 5.51. The van der Waals surface area contributed by atoms with Crippen LogP contribution < -0.4 is 5.73 Å². The van der Waals surface area contributed by atoms with Gasteiger partial charge in [0.15, 0.2) is 0 Å². The van der Waals surface area contributed by atoms with Crippen LogP contribution in [0.25, 0.3) is 0 Å². The Morgan fingerprint density at radius 3 is 2.57 bits per heavy atom. The molecule has 0 saturated heterocycles. The van der Waals surface area contributed by atoms with Gasteiger partial charge in [-0.1, -0.05) is 30.3 Å². The summed E-state index contributed by atoms with van der Waals surface area (Å²) in [6.45, 7) is 2.51. The highest BCUT2D eigenvalue weighted by molar-refractivity contribution is 5.70. The molecular formula is C17H18N2O2. The molecule has 1 aliphatic rings. The van der Waals surface area contributed by atoms with Gasteiger partial charge >= 0.3 is 5.97 Å². The zero-order valence-corrected chi connectivity index (χ0v) is 11.7. The summed E-state index contributed by atoms with van der Waals surface area (Å²) >= 11 is 0. The Balaban J connectivity index is 1.76. The Morgan fingerprint density at radius 2 is 1.81 bits per heavy atom. The molecule has 3 N–H and O–H groups in total. The first-order chi connectivity index (χ1) is 10.1. The molecule has 0 radical (unpaired) electrons. The Labute approximate surface area is 123 Å². The van der Waals surface area contributed by atoms with Gasteiger partial charge in [0, 0.05) is 25.3 Å². The van der Waals surface area contributed by atoms with Crippen LogP contribution in [-0.2, 0) is 30.8 Å². The van der Waals surface area contributed by atoms with E-state index in [-0.39, 0.29) is 6.42 Å². The van der Waals surface area contributed by atoms with E-state index in [0.29, 0.717) is 0 Å². The van der Waals surface area contributed by atoms with E-state index in [4.69, 9.17) is 10.8 Å². The molecule has 0 unspecified atom stereocenters. The maximum Gasteiger partial charge on any atom is 0.307 e. The summed E-state index contributed by atoms with van der Waals surface area (Å²) < 4.78 is 0. The molecular weight excluding hydrogens is 264 g/mol. The summed E-state index contributed by atoms with van der Waals surface area (Å²) in [6, 6.07) is 13.8. The third-order valence-electron chi connectivity index (χ3n) is 3.87. The molecule has 2 aromatic carbocycles. The van der Waals surface area contributed by atoms with E-state index in [1.807, 2.05) is 36.4 Å². The van der Waals surface area contributed by atoms with Crippen LogP contribution in [0.15, 0.2) is 42.5 Å². The van der Waals surface area contributed by atoms with E-state index < -0.39 is 5.97 Å². The fourth-order valence-electron chi connectivity index (χ4n) is 2.88. The summed E-state index contributed by atoms with van der Waals surface area (Å²) in [5.74, 6) is -0.792. The van der Waals surface area contributed by atoms with Gasteiger partial charge in [-0.05, 0) is 34.4 Å². The number of rotatable bonds is 4. The molecule has 1 heterocycles. The summed E-state index contributed by atoms with van der Waals surface area (Å²) in [5, 5.41) is 9.00. The van der Waals surface area contributed by atoms with Crippen molar-refractivity contribution in [2.75, 3.05) is 5.73 Å². The number of carbonyl (C=O) groups is 1. The lowest BCUT2D eigenvalue weighted by Crippen LogP contribution is -2.17. The van der Waals surface area contributed by atoms with Gasteiger partial charge in [-0.3, -0.25) is 9.69 Å². The van der Waals surface area contributed by atoms with Crippen molar-refractivity contribution < 1.29 is 9.90 Å². The number of benzene rings is 2. The van der Waals surface area contributed by atoms with Gasteiger partial charge in [-0.2, -0.15) is 0 Å². The maximum atomic E-state index is 10.9. The Bertz CT molecular complexity index is 682. The van der Waals surface area contributed by atoms with Crippen LogP contribution in [0.3, 0.4) is 0 Å². The average molecular weight is 282 g/mol. The van der Waals surface area contributed by atoms with E-state index >= 15 is 0 Å². The van der Waals surface area contributed by atoms with Crippen molar-refractivity contribution in [2.45, 2.75) is 26.1 Å². The van der Waals surface area contributed by atoms with Gasteiger partial charge in [0.25, 0.3) is 0 Å². The number of carboxylic acid groups (broad SMARTS) is 1. The van der Waals surface area contributed by atoms with Gasteiger partial charge in [-0.25, -0.2) is 0 Å². The number of fused-ring (bicyclic) bond motifs is 1. The fourth-order valence-corrected chi connectivity index (χ4v) is 2.88. The smallest absolute Gasteiger partial charge is 0.307 e. The normalized spacial score (nSPS) is 14.1. The lowest BCUT2D eigenvalue weighted by atomic mass is 10.0. The third kappa shape index (κ3) is 3.06. The predicted octanol–water partition coefficient (Wildman–Crippen LogP) is 2.41. The summed E-state index contributed by atoms with van der Waals surface area (Å²) in [7, 11) is 0. The lowest BCUT2D eigenvalue weighted by Gasteiger charge is -2.17. The summed E-state index contributed by atoms with van der Waals surface area (Å²) in [4.78, 5) is 13.3. The third-order valence-corrected chi connectivity index (χ3v) is 3.87. The largest absolute Gasteiger partial charge is 0.481 e. The molecule has 3 rings (SSSR count). The average Bonchev–Trinajstić information content (AvgIpc) is 2.82. The number of anilines is 1. The lowest BCUT2D eigenvalue weighted by molar-refractivity contribution is -0.136. The monoisotopic (exact) mass is 282 g/mol. The number of nitrogens with zero attached hydrogens (tertiary/aromatic N) is 1. The first-order valence-electron chi connectivity index (χ1n) is 7.00. The molecule has 108 valence electrons. The number of nitrogens with two attached hydrogens (primary N) is 1. The van der Waals surface area contributed by atoms with E-state index in [1.54, 1.807) is 0 Å². The zero-order valence-electron chi connectivity index (χ0n) is 11.7. The molecule has 4 heteroatoms. The maximum absolute atomic E-state index is 10.9. The minimum Gasteiger partial charge on any atom is -0.481 e. The van der Waals surface area contributed by atoms with Crippen molar-refractivity contribution in [1.29, 1.82) is 0 Å². The molecule has 4 nitrogen and oxygen atoms in total. The van der Waals surface area contributed by atoms with Crippen molar-refractivity contribution >= 4 is 11.7 Å². The molecule has 21 heavy (non-hydrogen) atoms. The zero-order chi connectivity index (χ0) is 14.8. The van der Waals surface area contributed by atoms with E-state index in [9.17, 15) is 4.79 Å². The molecule has 2 aromatic rings. The van der Waals surface area contributed by atoms with Crippen LogP contribution in [0, 0.1) is 0 Å². The first kappa shape index (κ1) is 13.6. The topological polar surface area (TPSA) is 66.6 Å². The Morgan fingerprint density at radius 1 is 1.10 bits per heavy atom. The van der Waals surface area contributed by atoms with Gasteiger partial charge < -0.3 is 10.8 Å². The van der Waals surface area contributed by atoms with Crippen LogP contribution in [0.5, 0.6) is 0 Å². The molecule has 1 aliphatic heterocycles. The number of hydrogen-bond acceptors (Lipinski definition) is 3. The molecule has 0 saturated carbocycles. The van der Waals surface area contributed by atoms with Crippen LogP contribution in [0.2, 0.25) is 0 Å². The Hall–Kier alpha value is -2.33. The highest BCUT2D eigenvalue weighted by Crippen LogP contribution is 2.26.